The Kier molecular flexibility index (Phi) is 6.06. The molecule has 30 heavy (non-hydrogen) atoms. The molecule has 3 heterocycles. The molecule has 2 aliphatic heterocycles. The number of morpholine rings is 1. The van der Waals surface area contributed by atoms with Gasteiger partial charge in [0.2, 0.25) is 5.78 Å². The molecular formula is C22H24FN2O5+. The van der Waals surface area contributed by atoms with Crippen molar-refractivity contribution >= 4 is 17.5 Å². The number of ether oxygens (including phenoxy) is 1. The highest BCUT2D eigenvalue weighted by Crippen LogP contribution is 2.38. The van der Waals surface area contributed by atoms with Crippen molar-refractivity contribution in [3.8, 4) is 0 Å². The molecule has 1 amide bonds. The third kappa shape index (κ3) is 4.06. The summed E-state index contributed by atoms with van der Waals surface area (Å²) in [4.78, 5) is 41.6. The Labute approximate surface area is 173 Å². The summed E-state index contributed by atoms with van der Waals surface area (Å²) < 4.78 is 24.1. The van der Waals surface area contributed by atoms with Crippen LogP contribution in [0.1, 0.15) is 28.6 Å². The lowest BCUT2D eigenvalue weighted by molar-refractivity contribution is -0.908. The second-order valence-corrected chi connectivity index (χ2v) is 7.64. The molecular weight excluding hydrogens is 391 g/mol. The lowest BCUT2D eigenvalue weighted by Crippen LogP contribution is -3.14. The Hall–Kier alpha value is -2.84. The van der Waals surface area contributed by atoms with Crippen LogP contribution in [0.3, 0.4) is 0 Å². The first-order valence-electron chi connectivity index (χ1n) is 10.2. The molecule has 158 valence electrons. The molecule has 8 heteroatoms. The summed E-state index contributed by atoms with van der Waals surface area (Å²) in [5.41, 5.74) is 0.193. The molecule has 1 aromatic carbocycles. The molecule has 2 unspecified atom stereocenters. The van der Waals surface area contributed by atoms with Crippen LogP contribution in [0.2, 0.25) is 0 Å². The minimum absolute atomic E-state index is 0.193. The molecule has 1 aromatic heterocycles. The minimum Gasteiger partial charge on any atom is -0.467 e. The number of carbonyl (C=O) groups excluding carboxylic acids is 3. The summed E-state index contributed by atoms with van der Waals surface area (Å²) in [7, 11) is 0. The number of rotatable bonds is 7. The first-order valence-corrected chi connectivity index (χ1v) is 10.2. The van der Waals surface area contributed by atoms with Crippen LogP contribution in [-0.2, 0) is 14.3 Å². The quantitative estimate of drug-likeness (QED) is 0.409. The molecule has 0 radical (unpaired) electrons. The SMILES string of the molecule is O=C1C(=O)N(CCC[NH+]2CCOCC2)C(c2ccco2)C1C(=O)c1ccc(F)cc1. The Morgan fingerprint density at radius 1 is 1.13 bits per heavy atom. The van der Waals surface area contributed by atoms with E-state index in [1.807, 2.05) is 0 Å². The summed E-state index contributed by atoms with van der Waals surface area (Å²) in [6.07, 6.45) is 2.15. The standard InChI is InChI=1S/C22H23FN2O5/c23-16-6-4-15(5-7-16)20(26)18-19(17-3-1-12-30-17)25(22(28)21(18)27)9-2-8-24-10-13-29-14-11-24/h1,3-7,12,18-19H,2,8-11,13-14H2/p+1. The summed E-state index contributed by atoms with van der Waals surface area (Å²) in [6.45, 7) is 4.48. The van der Waals surface area contributed by atoms with Crippen molar-refractivity contribution in [3.05, 3.63) is 59.8 Å². The van der Waals surface area contributed by atoms with Gasteiger partial charge in [-0.15, -0.1) is 0 Å². The van der Waals surface area contributed by atoms with Gasteiger partial charge in [0, 0.05) is 18.5 Å². The number of carbonyl (C=O) groups is 3. The maximum absolute atomic E-state index is 13.3. The van der Waals surface area contributed by atoms with Crippen LogP contribution in [0, 0.1) is 11.7 Å². The average molecular weight is 415 g/mol. The van der Waals surface area contributed by atoms with E-state index in [0.717, 1.165) is 32.8 Å². The first-order chi connectivity index (χ1) is 14.6. The normalized spacial score (nSPS) is 22.6. The second kappa shape index (κ2) is 8.89. The van der Waals surface area contributed by atoms with Crippen LogP contribution in [0.4, 0.5) is 4.39 Å². The number of nitrogens with one attached hydrogen (secondary N) is 1. The zero-order valence-electron chi connectivity index (χ0n) is 16.5. The Bertz CT molecular complexity index is 906. The topological polar surface area (TPSA) is 81.3 Å². The Morgan fingerprint density at radius 2 is 1.87 bits per heavy atom. The molecule has 2 aliphatic rings. The van der Waals surface area contributed by atoms with Crippen molar-refractivity contribution in [2.75, 3.05) is 39.4 Å². The van der Waals surface area contributed by atoms with E-state index in [4.69, 9.17) is 9.15 Å². The summed E-state index contributed by atoms with van der Waals surface area (Å²) in [5.74, 6) is -3.21. The largest absolute Gasteiger partial charge is 0.467 e. The third-order valence-electron chi connectivity index (χ3n) is 5.78. The van der Waals surface area contributed by atoms with Gasteiger partial charge in [-0.3, -0.25) is 14.4 Å². The molecule has 2 aromatic rings. The highest BCUT2D eigenvalue weighted by Gasteiger charge is 2.52. The number of ketones is 2. The zero-order valence-corrected chi connectivity index (χ0v) is 16.5. The fraction of sp³-hybridized carbons (Fsp3) is 0.409. The highest BCUT2D eigenvalue weighted by atomic mass is 19.1. The number of halogens is 1. The van der Waals surface area contributed by atoms with Gasteiger partial charge in [-0.25, -0.2) is 4.39 Å². The fourth-order valence-corrected chi connectivity index (χ4v) is 4.21. The van der Waals surface area contributed by atoms with Crippen molar-refractivity contribution in [2.24, 2.45) is 5.92 Å². The lowest BCUT2D eigenvalue weighted by atomic mass is 9.88. The van der Waals surface area contributed by atoms with Gasteiger partial charge in [0.05, 0.1) is 26.0 Å². The molecule has 2 fully saturated rings. The number of likely N-dealkylation sites (tertiary alicyclic amines) is 1. The van der Waals surface area contributed by atoms with E-state index in [1.54, 1.807) is 12.1 Å². The summed E-state index contributed by atoms with van der Waals surface area (Å²) in [5, 5.41) is 0. The highest BCUT2D eigenvalue weighted by molar-refractivity contribution is 6.44. The van der Waals surface area contributed by atoms with Gasteiger partial charge in [0.1, 0.15) is 36.6 Å². The van der Waals surface area contributed by atoms with Gasteiger partial charge in [0.15, 0.2) is 5.78 Å². The van der Waals surface area contributed by atoms with E-state index in [2.05, 4.69) is 0 Å². The van der Waals surface area contributed by atoms with Crippen LogP contribution < -0.4 is 4.90 Å². The molecule has 1 N–H and O–H groups in total. The maximum Gasteiger partial charge on any atom is 0.291 e. The van der Waals surface area contributed by atoms with E-state index < -0.39 is 35.3 Å². The van der Waals surface area contributed by atoms with E-state index in [1.165, 1.54) is 40.3 Å². The Morgan fingerprint density at radius 3 is 2.53 bits per heavy atom. The first kappa shape index (κ1) is 20.4. The molecule has 7 nitrogen and oxygen atoms in total. The molecule has 0 bridgehead atoms. The monoisotopic (exact) mass is 415 g/mol. The number of nitrogens with zero attached hydrogens (tertiary/aromatic N) is 1. The van der Waals surface area contributed by atoms with E-state index in [-0.39, 0.29) is 5.56 Å². The van der Waals surface area contributed by atoms with Crippen molar-refractivity contribution in [1.29, 1.82) is 0 Å². The molecule has 2 atom stereocenters. The predicted octanol–water partition coefficient (Wildman–Crippen LogP) is 0.675. The molecule has 0 spiro atoms. The number of amides is 1. The van der Waals surface area contributed by atoms with Gasteiger partial charge in [-0.2, -0.15) is 0 Å². The average Bonchev–Trinajstić information content (AvgIpc) is 3.37. The van der Waals surface area contributed by atoms with Crippen LogP contribution in [0.15, 0.2) is 47.1 Å². The molecule has 4 rings (SSSR count). The number of furan rings is 1. The number of Topliss-reactive ketones (excluding diaryl/α,β-unsaturated/α-hetero) is 2. The smallest absolute Gasteiger partial charge is 0.291 e. The van der Waals surface area contributed by atoms with Crippen molar-refractivity contribution in [3.63, 3.8) is 0 Å². The molecule has 2 saturated heterocycles. The predicted molar refractivity (Wildman–Crippen MR) is 103 cm³/mol. The van der Waals surface area contributed by atoms with Gasteiger partial charge < -0.3 is 19.0 Å². The van der Waals surface area contributed by atoms with Crippen molar-refractivity contribution in [1.82, 2.24) is 4.90 Å². The fourth-order valence-electron chi connectivity index (χ4n) is 4.21. The number of quaternary nitrogens is 1. The van der Waals surface area contributed by atoms with Crippen molar-refractivity contribution < 1.29 is 32.8 Å². The van der Waals surface area contributed by atoms with Crippen LogP contribution in [-0.4, -0.2) is 61.8 Å². The van der Waals surface area contributed by atoms with Gasteiger partial charge >= 0.3 is 0 Å². The van der Waals surface area contributed by atoms with E-state index in [0.29, 0.717) is 18.7 Å². The number of hydrogen-bond donors (Lipinski definition) is 1. The van der Waals surface area contributed by atoms with E-state index in [9.17, 15) is 18.8 Å². The van der Waals surface area contributed by atoms with Crippen LogP contribution in [0.5, 0.6) is 0 Å². The number of benzene rings is 1. The minimum atomic E-state index is -1.20. The summed E-state index contributed by atoms with van der Waals surface area (Å²) >= 11 is 0. The van der Waals surface area contributed by atoms with Crippen molar-refractivity contribution in [2.45, 2.75) is 12.5 Å². The lowest BCUT2D eigenvalue weighted by Gasteiger charge is -2.27. The Balaban J connectivity index is 1.55. The van der Waals surface area contributed by atoms with Gasteiger partial charge in [-0.1, -0.05) is 0 Å². The molecule has 0 saturated carbocycles. The van der Waals surface area contributed by atoms with Crippen LogP contribution in [0.25, 0.3) is 0 Å². The zero-order chi connectivity index (χ0) is 21.1. The second-order valence-electron chi connectivity index (χ2n) is 7.64. The van der Waals surface area contributed by atoms with Gasteiger partial charge in [0.25, 0.3) is 5.91 Å². The third-order valence-corrected chi connectivity index (χ3v) is 5.78. The molecule has 0 aliphatic carbocycles. The van der Waals surface area contributed by atoms with Gasteiger partial charge in [-0.05, 0) is 36.4 Å². The maximum atomic E-state index is 13.3. The number of hydrogen-bond acceptors (Lipinski definition) is 5. The van der Waals surface area contributed by atoms with Crippen LogP contribution >= 0.6 is 0 Å². The van der Waals surface area contributed by atoms with E-state index >= 15 is 0 Å². The summed E-state index contributed by atoms with van der Waals surface area (Å²) in [6, 6.07) is 7.54.